The molecule has 4 rings (SSSR count). The molecule has 11 heteroatoms. The molecule has 1 N–H and O–H groups in total. The number of anilines is 1. The van der Waals surface area contributed by atoms with Crippen LogP contribution in [0.4, 0.5) is 11.4 Å². The van der Waals surface area contributed by atoms with Crippen molar-refractivity contribution in [2.45, 2.75) is 6.61 Å². The van der Waals surface area contributed by atoms with Crippen LogP contribution in [-0.2, 0) is 6.61 Å². The minimum atomic E-state index is -0.505. The number of non-ortho nitro benzene ring substituents is 1. The molecule has 0 unspecified atom stereocenters. The van der Waals surface area contributed by atoms with Crippen LogP contribution in [0.2, 0.25) is 0 Å². The smallest absolute Gasteiger partial charge is 0.275 e. The van der Waals surface area contributed by atoms with Gasteiger partial charge in [-0.05, 0) is 34.6 Å². The Labute approximate surface area is 160 Å². The molecule has 0 aliphatic rings. The van der Waals surface area contributed by atoms with Gasteiger partial charge in [-0.3, -0.25) is 14.9 Å². The van der Waals surface area contributed by atoms with Crippen molar-refractivity contribution in [2.75, 3.05) is 5.32 Å². The van der Waals surface area contributed by atoms with Crippen LogP contribution in [0, 0.1) is 10.1 Å². The van der Waals surface area contributed by atoms with Crippen molar-refractivity contribution in [2.24, 2.45) is 0 Å². The van der Waals surface area contributed by atoms with Crippen LogP contribution >= 0.6 is 11.3 Å². The van der Waals surface area contributed by atoms with Crippen LogP contribution in [0.1, 0.15) is 15.5 Å². The van der Waals surface area contributed by atoms with Crippen LogP contribution in [0.3, 0.4) is 0 Å². The van der Waals surface area contributed by atoms with Gasteiger partial charge >= 0.3 is 0 Å². The number of nitro groups is 1. The van der Waals surface area contributed by atoms with E-state index in [-0.39, 0.29) is 18.0 Å². The monoisotopic (exact) mass is 397 g/mol. The maximum absolute atomic E-state index is 12.3. The fourth-order valence-electron chi connectivity index (χ4n) is 2.34. The minimum Gasteiger partial charge on any atom is -0.486 e. The van der Waals surface area contributed by atoms with Gasteiger partial charge in [0.25, 0.3) is 11.6 Å². The Hall–Kier alpha value is -3.86. The third kappa shape index (κ3) is 3.78. The highest BCUT2D eigenvalue weighted by Crippen LogP contribution is 2.21. The lowest BCUT2D eigenvalue weighted by Crippen LogP contribution is -2.12. The SMILES string of the molecule is O=C(Nc1ccc([N+](=O)[O-])cc1)c1csc(COc2ccc3nonc3c2)n1. The van der Waals surface area contributed by atoms with Crippen molar-refractivity contribution >= 4 is 39.7 Å². The number of hydrogen-bond acceptors (Lipinski definition) is 9. The molecule has 2 aromatic heterocycles. The van der Waals surface area contributed by atoms with Gasteiger partial charge in [0.2, 0.25) is 0 Å². The molecular formula is C17H11N5O5S. The van der Waals surface area contributed by atoms with E-state index < -0.39 is 10.8 Å². The largest absolute Gasteiger partial charge is 0.486 e. The first-order valence-electron chi connectivity index (χ1n) is 7.94. The number of thiazole rings is 1. The standard InChI is InChI=1S/C17H11N5O5S/c23-17(18-10-1-3-11(4-2-10)22(24)25)15-9-28-16(19-15)8-26-12-5-6-13-14(7-12)21-27-20-13/h1-7,9H,8H2,(H,18,23). The first kappa shape index (κ1) is 17.5. The molecule has 0 saturated heterocycles. The molecule has 10 nitrogen and oxygen atoms in total. The van der Waals surface area contributed by atoms with E-state index in [0.29, 0.717) is 27.5 Å². The fraction of sp³-hybridized carbons (Fsp3) is 0.0588. The molecule has 0 atom stereocenters. The van der Waals surface area contributed by atoms with E-state index in [1.54, 1.807) is 23.6 Å². The summed E-state index contributed by atoms with van der Waals surface area (Å²) in [5.41, 5.74) is 1.84. The zero-order valence-electron chi connectivity index (χ0n) is 14.1. The summed E-state index contributed by atoms with van der Waals surface area (Å²) in [5.74, 6) is 0.168. The van der Waals surface area contributed by atoms with E-state index in [1.807, 2.05) is 0 Å². The second-order valence-electron chi connectivity index (χ2n) is 5.59. The van der Waals surface area contributed by atoms with E-state index in [0.717, 1.165) is 0 Å². The Morgan fingerprint density at radius 2 is 1.96 bits per heavy atom. The molecule has 4 aromatic rings. The Kier molecular flexibility index (Phi) is 4.64. The van der Waals surface area contributed by atoms with Crippen LogP contribution in [0.5, 0.6) is 5.75 Å². The number of carbonyl (C=O) groups is 1. The molecule has 0 spiro atoms. The number of fused-ring (bicyclic) bond motifs is 1. The molecule has 28 heavy (non-hydrogen) atoms. The Morgan fingerprint density at radius 3 is 2.75 bits per heavy atom. The van der Waals surface area contributed by atoms with Crippen molar-refractivity contribution in [1.82, 2.24) is 15.3 Å². The van der Waals surface area contributed by atoms with Crippen molar-refractivity contribution in [3.63, 3.8) is 0 Å². The van der Waals surface area contributed by atoms with E-state index in [1.165, 1.54) is 35.6 Å². The summed E-state index contributed by atoms with van der Waals surface area (Å²) in [4.78, 5) is 26.7. The van der Waals surface area contributed by atoms with Gasteiger partial charge in [-0.25, -0.2) is 9.61 Å². The summed E-state index contributed by atoms with van der Waals surface area (Å²) in [5, 5.41) is 23.0. The molecule has 0 radical (unpaired) electrons. The van der Waals surface area contributed by atoms with Crippen molar-refractivity contribution in [3.05, 3.63) is 68.7 Å². The lowest BCUT2D eigenvalue weighted by molar-refractivity contribution is -0.384. The number of hydrogen-bond donors (Lipinski definition) is 1. The van der Waals surface area contributed by atoms with Crippen molar-refractivity contribution in [3.8, 4) is 5.75 Å². The van der Waals surface area contributed by atoms with Gasteiger partial charge in [-0.1, -0.05) is 0 Å². The van der Waals surface area contributed by atoms with Gasteiger partial charge in [0, 0.05) is 29.3 Å². The second-order valence-corrected chi connectivity index (χ2v) is 6.53. The summed E-state index contributed by atoms with van der Waals surface area (Å²) < 4.78 is 10.3. The lowest BCUT2D eigenvalue weighted by atomic mass is 10.3. The third-order valence-corrected chi connectivity index (χ3v) is 4.53. The summed E-state index contributed by atoms with van der Waals surface area (Å²) in [7, 11) is 0. The van der Waals surface area contributed by atoms with Crippen LogP contribution in [0.15, 0.2) is 52.5 Å². The molecular weight excluding hydrogens is 386 g/mol. The van der Waals surface area contributed by atoms with E-state index >= 15 is 0 Å². The number of rotatable bonds is 6. The summed E-state index contributed by atoms with van der Waals surface area (Å²) in [6.07, 6.45) is 0. The van der Waals surface area contributed by atoms with Gasteiger partial charge in [-0.15, -0.1) is 11.3 Å². The fourth-order valence-corrected chi connectivity index (χ4v) is 3.03. The molecule has 0 saturated carbocycles. The van der Waals surface area contributed by atoms with Gasteiger partial charge in [0.15, 0.2) is 0 Å². The van der Waals surface area contributed by atoms with E-state index in [9.17, 15) is 14.9 Å². The number of benzene rings is 2. The summed E-state index contributed by atoms with van der Waals surface area (Å²) in [6.45, 7) is 0.187. The van der Waals surface area contributed by atoms with Crippen molar-refractivity contribution in [1.29, 1.82) is 0 Å². The number of ether oxygens (including phenoxy) is 1. The Morgan fingerprint density at radius 1 is 1.18 bits per heavy atom. The van der Waals surface area contributed by atoms with E-state index in [4.69, 9.17) is 4.74 Å². The highest BCUT2D eigenvalue weighted by atomic mass is 32.1. The zero-order valence-corrected chi connectivity index (χ0v) is 14.9. The molecule has 2 aromatic carbocycles. The third-order valence-electron chi connectivity index (χ3n) is 3.71. The summed E-state index contributed by atoms with van der Waals surface area (Å²) in [6, 6.07) is 10.7. The topological polar surface area (TPSA) is 133 Å². The number of nitro benzene ring substituents is 1. The van der Waals surface area contributed by atoms with Crippen LogP contribution in [0.25, 0.3) is 11.0 Å². The van der Waals surface area contributed by atoms with Gasteiger partial charge in [-0.2, -0.15) is 0 Å². The maximum atomic E-state index is 12.3. The highest BCUT2D eigenvalue weighted by molar-refractivity contribution is 7.09. The molecule has 2 heterocycles. The number of carbonyl (C=O) groups excluding carboxylic acids is 1. The predicted octanol–water partition coefficient (Wildman–Crippen LogP) is 3.42. The zero-order chi connectivity index (χ0) is 19.5. The van der Waals surface area contributed by atoms with Gasteiger partial charge < -0.3 is 10.1 Å². The van der Waals surface area contributed by atoms with Crippen LogP contribution in [-0.4, -0.2) is 26.1 Å². The Balaban J connectivity index is 1.37. The Bertz CT molecular complexity index is 1150. The number of nitrogens with one attached hydrogen (secondary N) is 1. The lowest BCUT2D eigenvalue weighted by Gasteiger charge is -2.03. The first-order chi connectivity index (χ1) is 13.6. The molecule has 1 amide bonds. The number of amides is 1. The average Bonchev–Trinajstić information content (AvgIpc) is 3.35. The number of nitrogens with zero attached hydrogens (tertiary/aromatic N) is 4. The van der Waals surface area contributed by atoms with E-state index in [2.05, 4.69) is 25.2 Å². The predicted molar refractivity (Wildman–Crippen MR) is 99.3 cm³/mol. The molecule has 0 aliphatic carbocycles. The quantitative estimate of drug-likeness (QED) is 0.386. The molecule has 0 fully saturated rings. The summed E-state index contributed by atoms with van der Waals surface area (Å²) >= 11 is 1.29. The maximum Gasteiger partial charge on any atom is 0.275 e. The average molecular weight is 397 g/mol. The van der Waals surface area contributed by atoms with Gasteiger partial charge in [0.1, 0.15) is 34.1 Å². The first-order valence-corrected chi connectivity index (χ1v) is 8.82. The second kappa shape index (κ2) is 7.40. The minimum absolute atomic E-state index is 0.0503. The number of aromatic nitrogens is 3. The molecule has 0 aliphatic heterocycles. The van der Waals surface area contributed by atoms with Gasteiger partial charge in [0.05, 0.1) is 4.92 Å². The van der Waals surface area contributed by atoms with Crippen molar-refractivity contribution < 1.29 is 19.1 Å². The molecule has 0 bridgehead atoms. The molecule has 140 valence electrons. The van der Waals surface area contributed by atoms with Crippen LogP contribution < -0.4 is 10.1 Å². The normalized spacial score (nSPS) is 10.7. The highest BCUT2D eigenvalue weighted by Gasteiger charge is 2.13.